The van der Waals surface area contributed by atoms with Crippen molar-refractivity contribution in [1.82, 2.24) is 0 Å². The fourth-order valence-electron chi connectivity index (χ4n) is 2.04. The molecular weight excluding hydrogens is 290 g/mol. The molecule has 0 amide bonds. The predicted molar refractivity (Wildman–Crippen MR) is 78.5 cm³/mol. The van der Waals surface area contributed by atoms with Crippen LogP contribution in [0.2, 0.25) is 0 Å². The Morgan fingerprint density at radius 3 is 2.05 bits per heavy atom. The molecular formula is C15H19NO6. The van der Waals surface area contributed by atoms with Gasteiger partial charge in [-0.15, -0.1) is 0 Å². The van der Waals surface area contributed by atoms with Gasteiger partial charge in [0.05, 0.1) is 18.1 Å². The SMILES string of the molecule is CCOC(=O)C(C)(C(=O)OCC)c1ccc([N+](=O)[O-])c(C)c1. The quantitative estimate of drug-likeness (QED) is 0.346. The van der Waals surface area contributed by atoms with E-state index in [4.69, 9.17) is 9.47 Å². The summed E-state index contributed by atoms with van der Waals surface area (Å²) >= 11 is 0. The van der Waals surface area contributed by atoms with E-state index in [0.717, 1.165) is 0 Å². The molecule has 0 bridgehead atoms. The highest BCUT2D eigenvalue weighted by molar-refractivity contribution is 6.06. The number of esters is 2. The number of carbonyl (C=O) groups is 2. The third-order valence-electron chi connectivity index (χ3n) is 3.34. The molecule has 1 rings (SSSR count). The van der Waals surface area contributed by atoms with Crippen molar-refractivity contribution in [3.63, 3.8) is 0 Å². The van der Waals surface area contributed by atoms with Gasteiger partial charge in [-0.2, -0.15) is 0 Å². The highest BCUT2D eigenvalue weighted by Crippen LogP contribution is 2.31. The van der Waals surface area contributed by atoms with Crippen molar-refractivity contribution in [3.05, 3.63) is 39.4 Å². The molecule has 0 atom stereocenters. The third-order valence-corrected chi connectivity index (χ3v) is 3.34. The zero-order valence-corrected chi connectivity index (χ0v) is 13.0. The first-order chi connectivity index (χ1) is 10.3. The Kier molecular flexibility index (Phi) is 5.62. The van der Waals surface area contributed by atoms with E-state index in [-0.39, 0.29) is 18.9 Å². The molecule has 7 nitrogen and oxygen atoms in total. The molecule has 120 valence electrons. The second-order valence-electron chi connectivity index (χ2n) is 4.82. The molecule has 0 heterocycles. The number of nitro groups is 1. The van der Waals surface area contributed by atoms with E-state index in [0.29, 0.717) is 11.1 Å². The Bertz CT molecular complexity index is 578. The fraction of sp³-hybridized carbons (Fsp3) is 0.467. The van der Waals surface area contributed by atoms with E-state index < -0.39 is 22.3 Å². The molecule has 7 heteroatoms. The van der Waals surface area contributed by atoms with Crippen LogP contribution in [0.25, 0.3) is 0 Å². The maximum atomic E-state index is 12.3. The smallest absolute Gasteiger partial charge is 0.327 e. The van der Waals surface area contributed by atoms with Crippen LogP contribution in [-0.2, 0) is 24.5 Å². The molecule has 1 aromatic rings. The van der Waals surface area contributed by atoms with Gasteiger partial charge < -0.3 is 9.47 Å². The van der Waals surface area contributed by atoms with Crippen LogP contribution in [0.4, 0.5) is 5.69 Å². The summed E-state index contributed by atoms with van der Waals surface area (Å²) in [7, 11) is 0. The van der Waals surface area contributed by atoms with Gasteiger partial charge in [-0.3, -0.25) is 19.7 Å². The summed E-state index contributed by atoms with van der Waals surface area (Å²) in [6, 6.07) is 4.08. The van der Waals surface area contributed by atoms with Crippen molar-refractivity contribution in [1.29, 1.82) is 0 Å². The predicted octanol–water partition coefficient (Wildman–Crippen LogP) is 2.29. The monoisotopic (exact) mass is 309 g/mol. The van der Waals surface area contributed by atoms with Crippen LogP contribution in [0.5, 0.6) is 0 Å². The number of hydrogen-bond donors (Lipinski definition) is 0. The van der Waals surface area contributed by atoms with Gasteiger partial charge in [0.1, 0.15) is 0 Å². The van der Waals surface area contributed by atoms with Crippen LogP contribution in [0.1, 0.15) is 31.9 Å². The van der Waals surface area contributed by atoms with Crippen LogP contribution >= 0.6 is 0 Å². The topological polar surface area (TPSA) is 95.7 Å². The number of rotatable bonds is 6. The lowest BCUT2D eigenvalue weighted by atomic mass is 9.81. The standard InChI is InChI=1S/C15H19NO6/c1-5-21-13(17)15(4,14(18)22-6-2)11-7-8-12(16(19)20)10(3)9-11/h7-9H,5-6H2,1-4H3. The number of carbonyl (C=O) groups excluding carboxylic acids is 2. The van der Waals surface area contributed by atoms with Gasteiger partial charge >= 0.3 is 11.9 Å². The van der Waals surface area contributed by atoms with Crippen LogP contribution < -0.4 is 0 Å². The number of nitrogens with zero attached hydrogens (tertiary/aromatic N) is 1. The summed E-state index contributed by atoms with van der Waals surface area (Å²) in [5.74, 6) is -1.50. The minimum absolute atomic E-state index is 0.0844. The van der Waals surface area contributed by atoms with Crippen LogP contribution in [-0.4, -0.2) is 30.1 Å². The Morgan fingerprint density at radius 1 is 1.18 bits per heavy atom. The number of benzene rings is 1. The molecule has 0 saturated heterocycles. The molecule has 0 unspecified atom stereocenters. The van der Waals surface area contributed by atoms with E-state index >= 15 is 0 Å². The minimum Gasteiger partial charge on any atom is -0.465 e. The molecule has 22 heavy (non-hydrogen) atoms. The Hall–Kier alpha value is -2.44. The summed E-state index contributed by atoms with van der Waals surface area (Å²) in [6.45, 7) is 6.41. The molecule has 0 spiro atoms. The number of hydrogen-bond acceptors (Lipinski definition) is 6. The number of ether oxygens (including phenoxy) is 2. The lowest BCUT2D eigenvalue weighted by Crippen LogP contribution is -2.43. The maximum absolute atomic E-state index is 12.3. The van der Waals surface area contributed by atoms with Gasteiger partial charge in [0.2, 0.25) is 0 Å². The second-order valence-corrected chi connectivity index (χ2v) is 4.82. The zero-order valence-electron chi connectivity index (χ0n) is 13.0. The van der Waals surface area contributed by atoms with E-state index in [1.165, 1.54) is 25.1 Å². The van der Waals surface area contributed by atoms with Gasteiger partial charge in [0.15, 0.2) is 5.41 Å². The van der Waals surface area contributed by atoms with E-state index in [9.17, 15) is 19.7 Å². The molecule has 0 radical (unpaired) electrons. The first kappa shape index (κ1) is 17.6. The third kappa shape index (κ3) is 3.24. The minimum atomic E-state index is -1.66. The van der Waals surface area contributed by atoms with E-state index in [1.54, 1.807) is 20.8 Å². The molecule has 0 aromatic heterocycles. The first-order valence-corrected chi connectivity index (χ1v) is 6.88. The van der Waals surface area contributed by atoms with Gasteiger partial charge in [0.25, 0.3) is 5.69 Å². The number of nitro benzene ring substituents is 1. The molecule has 0 aliphatic rings. The Balaban J connectivity index is 3.39. The fourth-order valence-corrected chi connectivity index (χ4v) is 2.04. The largest absolute Gasteiger partial charge is 0.465 e. The molecule has 0 fully saturated rings. The highest BCUT2D eigenvalue weighted by Gasteiger charge is 2.46. The summed E-state index contributed by atoms with van der Waals surface area (Å²) in [6.07, 6.45) is 0. The first-order valence-electron chi connectivity index (χ1n) is 6.88. The van der Waals surface area contributed by atoms with Crippen molar-refractivity contribution in [2.45, 2.75) is 33.1 Å². The van der Waals surface area contributed by atoms with Gasteiger partial charge in [-0.05, 0) is 39.3 Å². The average molecular weight is 309 g/mol. The molecule has 0 saturated carbocycles. The Morgan fingerprint density at radius 2 is 1.68 bits per heavy atom. The van der Waals surface area contributed by atoms with Crippen LogP contribution in [0.3, 0.4) is 0 Å². The van der Waals surface area contributed by atoms with E-state index in [2.05, 4.69) is 0 Å². The van der Waals surface area contributed by atoms with Crippen molar-refractivity contribution in [2.75, 3.05) is 13.2 Å². The average Bonchev–Trinajstić information content (AvgIpc) is 2.46. The van der Waals surface area contributed by atoms with Gasteiger partial charge in [-0.25, -0.2) is 0 Å². The lowest BCUT2D eigenvalue weighted by Gasteiger charge is -2.25. The summed E-state index contributed by atoms with van der Waals surface area (Å²) in [5, 5.41) is 10.9. The summed E-state index contributed by atoms with van der Waals surface area (Å²) in [4.78, 5) is 34.9. The van der Waals surface area contributed by atoms with Gasteiger partial charge in [0, 0.05) is 11.6 Å². The van der Waals surface area contributed by atoms with Crippen molar-refractivity contribution >= 4 is 17.6 Å². The zero-order chi connectivity index (χ0) is 16.9. The molecule has 0 aliphatic carbocycles. The van der Waals surface area contributed by atoms with Crippen molar-refractivity contribution < 1.29 is 24.0 Å². The molecule has 0 N–H and O–H groups in total. The van der Waals surface area contributed by atoms with Crippen molar-refractivity contribution in [3.8, 4) is 0 Å². The lowest BCUT2D eigenvalue weighted by molar-refractivity contribution is -0.385. The maximum Gasteiger partial charge on any atom is 0.327 e. The van der Waals surface area contributed by atoms with Gasteiger partial charge in [-0.1, -0.05) is 6.07 Å². The Labute approximate surface area is 128 Å². The van der Waals surface area contributed by atoms with E-state index in [1.807, 2.05) is 0 Å². The second kappa shape index (κ2) is 7.02. The number of aryl methyl sites for hydroxylation is 1. The van der Waals surface area contributed by atoms with Crippen LogP contribution in [0.15, 0.2) is 18.2 Å². The normalized spacial score (nSPS) is 10.9. The summed E-state index contributed by atoms with van der Waals surface area (Å²) < 4.78 is 9.95. The molecule has 0 aliphatic heterocycles. The van der Waals surface area contributed by atoms with Crippen molar-refractivity contribution in [2.24, 2.45) is 0 Å². The molecule has 1 aromatic carbocycles. The highest BCUT2D eigenvalue weighted by atomic mass is 16.6. The van der Waals surface area contributed by atoms with Crippen LogP contribution in [0, 0.1) is 17.0 Å². The summed E-state index contributed by atoms with van der Waals surface area (Å²) in [5.41, 5.74) is -1.10.